The molecule has 1 saturated heterocycles. The monoisotopic (exact) mass is 287 g/mol. The van der Waals surface area contributed by atoms with E-state index in [-0.39, 0.29) is 11.8 Å². The topological polar surface area (TPSA) is 57.6 Å². The molecular formula is C14H25NO3S. The zero-order valence-electron chi connectivity index (χ0n) is 12.1. The minimum atomic E-state index is -0.696. The Morgan fingerprint density at radius 3 is 2.37 bits per heavy atom. The first-order chi connectivity index (χ1) is 8.96. The third-order valence-electron chi connectivity index (χ3n) is 4.05. The summed E-state index contributed by atoms with van der Waals surface area (Å²) in [6.07, 6.45) is 4.77. The van der Waals surface area contributed by atoms with Crippen molar-refractivity contribution in [3.05, 3.63) is 0 Å². The molecule has 0 saturated carbocycles. The van der Waals surface area contributed by atoms with E-state index < -0.39 is 11.4 Å². The van der Waals surface area contributed by atoms with E-state index in [0.29, 0.717) is 32.4 Å². The molecule has 1 fully saturated rings. The first-order valence-electron chi connectivity index (χ1n) is 6.98. The standard InChI is InChI=1S/C14H25NO3S/c1-4-5-14(13(17)18)6-8-15(9-7-14)12(16)11(2)10-19-3/h11H,4-10H2,1-3H3,(H,17,18). The van der Waals surface area contributed by atoms with Crippen LogP contribution in [0.15, 0.2) is 0 Å². The minimum absolute atomic E-state index is 0.0264. The molecule has 0 spiro atoms. The highest BCUT2D eigenvalue weighted by atomic mass is 32.2. The Kier molecular flexibility index (Phi) is 6.17. The fourth-order valence-electron chi connectivity index (χ4n) is 2.84. The van der Waals surface area contributed by atoms with Crippen LogP contribution in [0.5, 0.6) is 0 Å². The number of rotatable bonds is 6. The van der Waals surface area contributed by atoms with E-state index in [4.69, 9.17) is 0 Å². The van der Waals surface area contributed by atoms with Gasteiger partial charge in [-0.15, -0.1) is 0 Å². The van der Waals surface area contributed by atoms with Gasteiger partial charge in [-0.2, -0.15) is 11.8 Å². The Bertz CT molecular complexity index is 325. The molecule has 0 aliphatic carbocycles. The zero-order valence-corrected chi connectivity index (χ0v) is 13.0. The fraction of sp³-hybridized carbons (Fsp3) is 0.857. The lowest BCUT2D eigenvalue weighted by Gasteiger charge is -2.39. The maximum atomic E-state index is 12.2. The van der Waals surface area contributed by atoms with Gasteiger partial charge < -0.3 is 10.0 Å². The summed E-state index contributed by atoms with van der Waals surface area (Å²) in [6.45, 7) is 5.14. The van der Waals surface area contributed by atoms with Crippen molar-refractivity contribution < 1.29 is 14.7 Å². The van der Waals surface area contributed by atoms with E-state index in [1.165, 1.54) is 0 Å². The van der Waals surface area contributed by atoms with Gasteiger partial charge >= 0.3 is 5.97 Å². The van der Waals surface area contributed by atoms with Crippen molar-refractivity contribution in [2.75, 3.05) is 25.1 Å². The molecule has 1 atom stereocenters. The average molecular weight is 287 g/mol. The lowest BCUT2D eigenvalue weighted by atomic mass is 9.75. The Labute approximate surface area is 119 Å². The number of carboxylic acids is 1. The van der Waals surface area contributed by atoms with E-state index in [1.54, 1.807) is 11.8 Å². The van der Waals surface area contributed by atoms with Gasteiger partial charge in [0, 0.05) is 24.8 Å². The largest absolute Gasteiger partial charge is 0.481 e. The van der Waals surface area contributed by atoms with Crippen LogP contribution in [-0.2, 0) is 9.59 Å². The molecule has 0 radical (unpaired) electrons. The molecule has 110 valence electrons. The molecule has 0 bridgehead atoms. The van der Waals surface area contributed by atoms with Crippen molar-refractivity contribution >= 4 is 23.6 Å². The van der Waals surface area contributed by atoms with Crippen LogP contribution >= 0.6 is 11.8 Å². The Morgan fingerprint density at radius 2 is 1.95 bits per heavy atom. The third-order valence-corrected chi connectivity index (χ3v) is 4.89. The highest BCUT2D eigenvalue weighted by molar-refractivity contribution is 7.98. The average Bonchev–Trinajstić information content (AvgIpc) is 2.39. The highest BCUT2D eigenvalue weighted by Crippen LogP contribution is 2.36. The van der Waals surface area contributed by atoms with Crippen LogP contribution < -0.4 is 0 Å². The van der Waals surface area contributed by atoms with Crippen molar-refractivity contribution in [2.24, 2.45) is 11.3 Å². The van der Waals surface area contributed by atoms with Crippen LogP contribution in [0.2, 0.25) is 0 Å². The van der Waals surface area contributed by atoms with Gasteiger partial charge in [-0.1, -0.05) is 20.3 Å². The maximum absolute atomic E-state index is 12.2. The zero-order chi connectivity index (χ0) is 14.5. The number of carbonyl (C=O) groups excluding carboxylic acids is 1. The highest BCUT2D eigenvalue weighted by Gasteiger charge is 2.41. The number of thioether (sulfide) groups is 1. The molecule has 4 nitrogen and oxygen atoms in total. The van der Waals surface area contributed by atoms with E-state index in [9.17, 15) is 14.7 Å². The number of aliphatic carboxylic acids is 1. The van der Waals surface area contributed by atoms with E-state index in [0.717, 1.165) is 12.2 Å². The van der Waals surface area contributed by atoms with Crippen molar-refractivity contribution in [3.8, 4) is 0 Å². The summed E-state index contributed by atoms with van der Waals surface area (Å²) in [5.74, 6) is 0.330. The van der Waals surface area contributed by atoms with Crippen LogP contribution in [-0.4, -0.2) is 47.0 Å². The Balaban J connectivity index is 2.60. The van der Waals surface area contributed by atoms with Gasteiger partial charge in [0.2, 0.25) is 5.91 Å². The first kappa shape index (κ1) is 16.3. The SMILES string of the molecule is CCCC1(C(=O)O)CCN(C(=O)C(C)CSC)CC1. The van der Waals surface area contributed by atoms with Crippen molar-refractivity contribution in [2.45, 2.75) is 39.5 Å². The van der Waals surface area contributed by atoms with Crippen LogP contribution in [0.4, 0.5) is 0 Å². The van der Waals surface area contributed by atoms with Crippen LogP contribution in [0, 0.1) is 11.3 Å². The van der Waals surface area contributed by atoms with Crippen molar-refractivity contribution in [1.29, 1.82) is 0 Å². The van der Waals surface area contributed by atoms with Gasteiger partial charge in [-0.05, 0) is 25.5 Å². The predicted octanol–water partition coefficient (Wildman–Crippen LogP) is 2.48. The van der Waals surface area contributed by atoms with Crippen LogP contribution in [0.3, 0.4) is 0 Å². The third kappa shape index (κ3) is 3.88. The number of nitrogens with zero attached hydrogens (tertiary/aromatic N) is 1. The maximum Gasteiger partial charge on any atom is 0.309 e. The number of likely N-dealkylation sites (tertiary alicyclic amines) is 1. The van der Waals surface area contributed by atoms with E-state index in [1.807, 2.05) is 25.0 Å². The molecule has 1 rings (SSSR count). The van der Waals surface area contributed by atoms with Gasteiger partial charge in [0.05, 0.1) is 5.41 Å². The number of amides is 1. The number of piperidine rings is 1. The lowest BCUT2D eigenvalue weighted by Crippen LogP contribution is -2.48. The first-order valence-corrected chi connectivity index (χ1v) is 8.37. The van der Waals surface area contributed by atoms with E-state index >= 15 is 0 Å². The molecule has 1 aliphatic rings. The second-order valence-electron chi connectivity index (χ2n) is 5.52. The summed E-state index contributed by atoms with van der Waals surface area (Å²) in [6, 6.07) is 0. The smallest absolute Gasteiger partial charge is 0.309 e. The summed E-state index contributed by atoms with van der Waals surface area (Å²) in [7, 11) is 0. The van der Waals surface area contributed by atoms with Crippen LogP contribution in [0.1, 0.15) is 39.5 Å². The van der Waals surface area contributed by atoms with Gasteiger partial charge in [0.1, 0.15) is 0 Å². The molecule has 0 aromatic heterocycles. The molecule has 5 heteroatoms. The molecule has 0 aromatic carbocycles. The van der Waals surface area contributed by atoms with Crippen molar-refractivity contribution in [1.82, 2.24) is 4.90 Å². The fourth-order valence-corrected chi connectivity index (χ4v) is 3.48. The second-order valence-corrected chi connectivity index (χ2v) is 6.43. The molecule has 1 N–H and O–H groups in total. The van der Waals surface area contributed by atoms with Crippen molar-refractivity contribution in [3.63, 3.8) is 0 Å². The summed E-state index contributed by atoms with van der Waals surface area (Å²) in [4.78, 5) is 25.5. The quantitative estimate of drug-likeness (QED) is 0.815. The Hall–Kier alpha value is -0.710. The molecule has 19 heavy (non-hydrogen) atoms. The van der Waals surface area contributed by atoms with Gasteiger partial charge in [0.15, 0.2) is 0 Å². The molecular weight excluding hydrogens is 262 g/mol. The summed E-state index contributed by atoms with van der Waals surface area (Å²) < 4.78 is 0. The predicted molar refractivity (Wildman–Crippen MR) is 78.3 cm³/mol. The second kappa shape index (κ2) is 7.17. The molecule has 1 aliphatic heterocycles. The number of hydrogen-bond donors (Lipinski definition) is 1. The van der Waals surface area contributed by atoms with Gasteiger partial charge in [0.25, 0.3) is 0 Å². The summed E-state index contributed by atoms with van der Waals surface area (Å²) >= 11 is 1.67. The number of hydrogen-bond acceptors (Lipinski definition) is 3. The summed E-state index contributed by atoms with van der Waals surface area (Å²) in [5.41, 5.74) is -0.603. The van der Waals surface area contributed by atoms with Crippen LogP contribution in [0.25, 0.3) is 0 Å². The van der Waals surface area contributed by atoms with E-state index in [2.05, 4.69) is 0 Å². The molecule has 0 aromatic rings. The molecule has 1 heterocycles. The number of carboxylic acid groups (broad SMARTS) is 1. The summed E-state index contributed by atoms with van der Waals surface area (Å²) in [5, 5.41) is 9.43. The molecule has 1 amide bonds. The normalized spacial score (nSPS) is 20.1. The lowest BCUT2D eigenvalue weighted by molar-refractivity contribution is -0.155. The van der Waals surface area contributed by atoms with Gasteiger partial charge in [-0.25, -0.2) is 0 Å². The van der Waals surface area contributed by atoms with Gasteiger partial charge in [-0.3, -0.25) is 9.59 Å². The Morgan fingerprint density at radius 1 is 1.37 bits per heavy atom. The molecule has 1 unspecified atom stereocenters. The number of carbonyl (C=O) groups is 2. The minimum Gasteiger partial charge on any atom is -0.481 e.